The van der Waals surface area contributed by atoms with Crippen LogP contribution in [0.4, 0.5) is 0 Å². The second-order valence-electron chi connectivity index (χ2n) is 7.03. The highest BCUT2D eigenvalue weighted by Gasteiger charge is 2.20. The lowest BCUT2D eigenvalue weighted by molar-refractivity contribution is -0.660. The van der Waals surface area contributed by atoms with Crippen LogP contribution in [0, 0.1) is 6.92 Å². The monoisotopic (exact) mass is 307 g/mol. The Morgan fingerprint density at radius 3 is 2.52 bits per heavy atom. The predicted octanol–water partition coefficient (Wildman–Crippen LogP) is 4.44. The maximum absolute atomic E-state index is 5.44. The number of pyridine rings is 1. The molecule has 0 aliphatic rings. The molecule has 0 spiro atoms. The molecule has 3 aromatic rings. The minimum atomic E-state index is 0.122. The van der Waals surface area contributed by atoms with E-state index in [2.05, 4.69) is 80.8 Å². The minimum absolute atomic E-state index is 0.122. The highest BCUT2D eigenvalue weighted by atomic mass is 16.3. The summed E-state index contributed by atoms with van der Waals surface area (Å²) in [5, 5.41) is 0. The third kappa shape index (κ3) is 3.04. The molecule has 0 unspecified atom stereocenters. The van der Waals surface area contributed by atoms with Crippen molar-refractivity contribution in [2.75, 3.05) is 0 Å². The van der Waals surface area contributed by atoms with Gasteiger partial charge in [-0.25, -0.2) is 9.55 Å². The zero-order chi connectivity index (χ0) is 16.6. The van der Waals surface area contributed by atoms with Crippen molar-refractivity contribution in [1.82, 2.24) is 4.98 Å². The average Bonchev–Trinajstić information content (AvgIpc) is 3.01. The Balaban J connectivity index is 2.17. The van der Waals surface area contributed by atoms with Gasteiger partial charge in [-0.1, -0.05) is 26.8 Å². The first-order valence-electron chi connectivity index (χ1n) is 7.87. The molecular weight excluding hydrogens is 284 g/mol. The summed E-state index contributed by atoms with van der Waals surface area (Å²) in [5.41, 5.74) is 6.08. The zero-order valence-corrected chi connectivity index (χ0v) is 14.4. The molecule has 0 bridgehead atoms. The first kappa shape index (κ1) is 15.5. The van der Waals surface area contributed by atoms with Gasteiger partial charge in [-0.3, -0.25) is 0 Å². The van der Waals surface area contributed by atoms with Gasteiger partial charge < -0.3 is 4.42 Å². The molecule has 0 atom stereocenters. The van der Waals surface area contributed by atoms with E-state index in [1.807, 2.05) is 0 Å². The van der Waals surface area contributed by atoms with E-state index in [9.17, 15) is 0 Å². The Labute approximate surface area is 137 Å². The highest BCUT2D eigenvalue weighted by molar-refractivity contribution is 5.69. The van der Waals surface area contributed by atoms with Crippen LogP contribution in [-0.2, 0) is 12.5 Å². The van der Waals surface area contributed by atoms with Crippen molar-refractivity contribution >= 4 is 0 Å². The molecule has 0 aliphatic carbocycles. The van der Waals surface area contributed by atoms with Crippen LogP contribution in [0.15, 0.2) is 53.4 Å². The lowest BCUT2D eigenvalue weighted by atomic mass is 9.86. The average molecular weight is 307 g/mol. The molecule has 2 heterocycles. The number of hydrogen-bond acceptors (Lipinski definition) is 2. The van der Waals surface area contributed by atoms with Gasteiger partial charge in [-0.05, 0) is 35.6 Å². The van der Waals surface area contributed by atoms with Crippen LogP contribution < -0.4 is 4.57 Å². The maximum atomic E-state index is 5.44. The Morgan fingerprint density at radius 2 is 1.87 bits per heavy atom. The molecule has 0 saturated carbocycles. The largest absolute Gasteiger partial charge is 0.445 e. The highest BCUT2D eigenvalue weighted by Crippen LogP contribution is 2.29. The number of benzene rings is 1. The van der Waals surface area contributed by atoms with Crippen molar-refractivity contribution in [1.29, 1.82) is 0 Å². The van der Waals surface area contributed by atoms with E-state index in [4.69, 9.17) is 4.42 Å². The third-order valence-corrected chi connectivity index (χ3v) is 4.21. The van der Waals surface area contributed by atoms with Crippen molar-refractivity contribution in [3.05, 3.63) is 60.1 Å². The van der Waals surface area contributed by atoms with Gasteiger partial charge >= 0.3 is 0 Å². The quantitative estimate of drug-likeness (QED) is 0.655. The van der Waals surface area contributed by atoms with Crippen LogP contribution in [0.25, 0.3) is 22.7 Å². The maximum Gasteiger partial charge on any atom is 0.225 e. The normalized spacial score (nSPS) is 11.7. The summed E-state index contributed by atoms with van der Waals surface area (Å²) in [7, 11) is 2.08. The van der Waals surface area contributed by atoms with E-state index in [1.54, 1.807) is 12.5 Å². The van der Waals surface area contributed by atoms with Gasteiger partial charge in [-0.15, -0.1) is 0 Å². The van der Waals surface area contributed by atoms with E-state index in [0.717, 1.165) is 5.56 Å². The SMILES string of the molecule is Cc1ccc(-c2ncco2)cc1-c1cc(C(C)(C)C)cc[n+]1C. The van der Waals surface area contributed by atoms with Crippen molar-refractivity contribution in [2.24, 2.45) is 7.05 Å². The molecule has 0 amide bonds. The lowest BCUT2D eigenvalue weighted by Gasteiger charge is -2.19. The molecule has 118 valence electrons. The van der Waals surface area contributed by atoms with Crippen LogP contribution in [-0.4, -0.2) is 4.98 Å². The van der Waals surface area contributed by atoms with Crippen LogP contribution in [0.3, 0.4) is 0 Å². The Bertz CT molecular complexity index is 827. The molecule has 0 N–H and O–H groups in total. The van der Waals surface area contributed by atoms with Gasteiger partial charge in [0.2, 0.25) is 11.6 Å². The van der Waals surface area contributed by atoms with Gasteiger partial charge in [0.15, 0.2) is 6.20 Å². The molecular formula is C20H23N2O+. The molecule has 0 aliphatic heterocycles. The third-order valence-electron chi connectivity index (χ3n) is 4.21. The van der Waals surface area contributed by atoms with Crippen molar-refractivity contribution in [3.63, 3.8) is 0 Å². The number of hydrogen-bond donors (Lipinski definition) is 0. The van der Waals surface area contributed by atoms with Gasteiger partial charge in [0.1, 0.15) is 13.3 Å². The van der Waals surface area contributed by atoms with Gasteiger partial charge in [0, 0.05) is 23.3 Å². The minimum Gasteiger partial charge on any atom is -0.445 e. The molecule has 3 heteroatoms. The fourth-order valence-electron chi connectivity index (χ4n) is 2.70. The Morgan fingerprint density at radius 1 is 1.09 bits per heavy atom. The summed E-state index contributed by atoms with van der Waals surface area (Å²) in [4.78, 5) is 4.26. The van der Waals surface area contributed by atoms with E-state index < -0.39 is 0 Å². The van der Waals surface area contributed by atoms with Crippen LogP contribution >= 0.6 is 0 Å². The summed E-state index contributed by atoms with van der Waals surface area (Å²) in [6.07, 6.45) is 5.41. The molecule has 3 nitrogen and oxygen atoms in total. The standard InChI is InChI=1S/C20H23N2O/c1-14-6-7-15(19-21-9-11-23-19)12-17(14)18-13-16(20(2,3)4)8-10-22(18)5/h6-13H,1-5H3/q+1. The summed E-state index contributed by atoms with van der Waals surface area (Å²) in [6, 6.07) is 10.8. The van der Waals surface area contributed by atoms with E-state index >= 15 is 0 Å². The molecule has 1 aromatic carbocycles. The first-order chi connectivity index (χ1) is 10.9. The number of nitrogens with zero attached hydrogens (tertiary/aromatic N) is 2. The summed E-state index contributed by atoms with van der Waals surface area (Å²) < 4.78 is 7.60. The van der Waals surface area contributed by atoms with Crippen molar-refractivity contribution in [2.45, 2.75) is 33.1 Å². The Hall–Kier alpha value is -2.42. The molecule has 0 fully saturated rings. The van der Waals surface area contributed by atoms with Gasteiger partial charge in [-0.2, -0.15) is 0 Å². The van der Waals surface area contributed by atoms with Gasteiger partial charge in [0.25, 0.3) is 0 Å². The van der Waals surface area contributed by atoms with Crippen LogP contribution in [0.5, 0.6) is 0 Å². The van der Waals surface area contributed by atoms with E-state index in [0.29, 0.717) is 5.89 Å². The summed E-state index contributed by atoms with van der Waals surface area (Å²) >= 11 is 0. The number of rotatable bonds is 2. The molecule has 0 saturated heterocycles. The number of aromatic nitrogens is 2. The Kier molecular flexibility index (Phi) is 3.80. The molecule has 3 rings (SSSR count). The van der Waals surface area contributed by atoms with Crippen molar-refractivity contribution in [3.8, 4) is 22.7 Å². The summed E-state index contributed by atoms with van der Waals surface area (Å²) in [6.45, 7) is 8.85. The fraction of sp³-hybridized carbons (Fsp3) is 0.300. The molecule has 0 radical (unpaired) electrons. The van der Waals surface area contributed by atoms with Crippen LogP contribution in [0.2, 0.25) is 0 Å². The smallest absolute Gasteiger partial charge is 0.225 e. The zero-order valence-electron chi connectivity index (χ0n) is 14.4. The molecule has 2 aromatic heterocycles. The first-order valence-corrected chi connectivity index (χ1v) is 7.87. The number of oxazole rings is 1. The topological polar surface area (TPSA) is 29.9 Å². The lowest BCUT2D eigenvalue weighted by Crippen LogP contribution is -2.31. The van der Waals surface area contributed by atoms with E-state index in [-0.39, 0.29) is 5.41 Å². The van der Waals surface area contributed by atoms with Crippen LogP contribution in [0.1, 0.15) is 31.9 Å². The second kappa shape index (κ2) is 5.65. The summed E-state index contributed by atoms with van der Waals surface area (Å²) in [5.74, 6) is 0.654. The predicted molar refractivity (Wildman–Crippen MR) is 92.0 cm³/mol. The van der Waals surface area contributed by atoms with Gasteiger partial charge in [0.05, 0.1) is 6.20 Å². The molecule has 23 heavy (non-hydrogen) atoms. The van der Waals surface area contributed by atoms with E-state index in [1.165, 1.54) is 22.4 Å². The second-order valence-corrected chi connectivity index (χ2v) is 7.03. The van der Waals surface area contributed by atoms with Crippen molar-refractivity contribution < 1.29 is 8.98 Å². The number of aryl methyl sites for hydroxylation is 2. The fourth-order valence-corrected chi connectivity index (χ4v) is 2.70.